The summed E-state index contributed by atoms with van der Waals surface area (Å²) in [5.74, 6) is -0.468. The Kier molecular flexibility index (Phi) is 7.27. The Morgan fingerprint density at radius 2 is 2.00 bits per heavy atom. The van der Waals surface area contributed by atoms with Gasteiger partial charge in [-0.3, -0.25) is 9.36 Å². The molecule has 2 aromatic heterocycles. The van der Waals surface area contributed by atoms with E-state index >= 15 is 0 Å². The lowest BCUT2D eigenvalue weighted by Crippen LogP contribution is -2.24. The molecule has 0 radical (unpaired) electrons. The number of rotatable bonds is 7. The number of aromatic nitrogens is 2. The number of thioether (sulfide) groups is 1. The van der Waals surface area contributed by atoms with Crippen LogP contribution < -0.4 is 10.3 Å². The third-order valence-corrected chi connectivity index (χ3v) is 8.03. The number of carbonyl (C=O) groups excluding carboxylic acids is 1. The zero-order valence-electron chi connectivity index (χ0n) is 20.0. The third-order valence-electron chi connectivity index (χ3n) is 5.84. The van der Waals surface area contributed by atoms with Crippen LogP contribution in [0.25, 0.3) is 10.2 Å². The van der Waals surface area contributed by atoms with Gasteiger partial charge in [-0.2, -0.15) is 0 Å². The first-order chi connectivity index (χ1) is 17.9. The Morgan fingerprint density at radius 1 is 1.22 bits per heavy atom. The highest BCUT2D eigenvalue weighted by molar-refractivity contribution is 7.98. The highest BCUT2D eigenvalue weighted by Gasteiger charge is 2.24. The summed E-state index contributed by atoms with van der Waals surface area (Å²) in [6.45, 7) is 4.07. The molecule has 0 bridgehead atoms. The van der Waals surface area contributed by atoms with Crippen LogP contribution in [0, 0.1) is 18.6 Å². The van der Waals surface area contributed by atoms with Crippen molar-refractivity contribution in [2.45, 2.75) is 37.9 Å². The van der Waals surface area contributed by atoms with Crippen molar-refractivity contribution in [1.82, 2.24) is 9.55 Å². The van der Waals surface area contributed by atoms with Gasteiger partial charge in [-0.05, 0) is 49.2 Å². The summed E-state index contributed by atoms with van der Waals surface area (Å²) >= 11 is 2.35. The summed E-state index contributed by atoms with van der Waals surface area (Å²) in [5, 5.41) is 0.715. The highest BCUT2D eigenvalue weighted by Crippen LogP contribution is 2.35. The van der Waals surface area contributed by atoms with Crippen molar-refractivity contribution in [2.24, 2.45) is 0 Å². The molecular weight excluding hydrogens is 522 g/mol. The van der Waals surface area contributed by atoms with Gasteiger partial charge in [0.1, 0.15) is 27.1 Å². The van der Waals surface area contributed by atoms with E-state index in [-0.39, 0.29) is 43.7 Å². The quantitative estimate of drug-likeness (QED) is 0.174. The van der Waals surface area contributed by atoms with E-state index < -0.39 is 11.8 Å². The van der Waals surface area contributed by atoms with Crippen LogP contribution in [0.15, 0.2) is 46.3 Å². The number of hydrogen-bond donors (Lipinski definition) is 0. The molecule has 11 heteroatoms. The summed E-state index contributed by atoms with van der Waals surface area (Å²) in [4.78, 5) is 31.7. The molecule has 3 heterocycles. The van der Waals surface area contributed by atoms with Crippen molar-refractivity contribution in [3.63, 3.8) is 0 Å². The van der Waals surface area contributed by atoms with Crippen LogP contribution in [0.3, 0.4) is 0 Å². The molecule has 7 nitrogen and oxygen atoms in total. The van der Waals surface area contributed by atoms with Crippen molar-refractivity contribution < 1.29 is 27.8 Å². The molecule has 1 aliphatic rings. The van der Waals surface area contributed by atoms with E-state index in [9.17, 15) is 18.4 Å². The summed E-state index contributed by atoms with van der Waals surface area (Å²) < 4.78 is 45.3. The predicted octanol–water partition coefficient (Wildman–Crippen LogP) is 5.43. The van der Waals surface area contributed by atoms with E-state index in [4.69, 9.17) is 19.2 Å². The Labute approximate surface area is 219 Å². The average Bonchev–Trinajstić information content (AvgIpc) is 3.22. The number of ether oxygens (including phenoxy) is 3. The van der Waals surface area contributed by atoms with E-state index in [0.29, 0.717) is 48.3 Å². The largest absolute Gasteiger partial charge is 0.467 e. The maximum absolute atomic E-state index is 14.3. The number of thiophene rings is 1. The lowest BCUT2D eigenvalue weighted by Gasteiger charge is -2.21. The summed E-state index contributed by atoms with van der Waals surface area (Å²) in [6.07, 6.45) is 0. The van der Waals surface area contributed by atoms with E-state index in [1.54, 1.807) is 26.0 Å². The Hall–Kier alpha value is -3.28. The molecule has 2 aromatic carbocycles. The van der Waals surface area contributed by atoms with Crippen LogP contribution in [-0.2, 0) is 28.4 Å². The molecule has 0 aliphatic carbocycles. The van der Waals surface area contributed by atoms with Gasteiger partial charge in [0.15, 0.2) is 11.9 Å². The average molecular weight is 545 g/mol. The van der Waals surface area contributed by atoms with Gasteiger partial charge in [0.2, 0.25) is 0 Å². The first kappa shape index (κ1) is 25.4. The SMILES string of the molecule is CCOC(=O)c1sc2nc(SCc3cc(F)cc4c3OCOC4)n(Cc3ccc(F)cc3)c(=O)c2c1C. The third kappa shape index (κ3) is 5.11. The zero-order valence-corrected chi connectivity index (χ0v) is 21.6. The molecule has 5 rings (SSSR count). The fourth-order valence-electron chi connectivity index (χ4n) is 4.12. The van der Waals surface area contributed by atoms with Crippen molar-refractivity contribution in [1.29, 1.82) is 0 Å². The topological polar surface area (TPSA) is 79.7 Å². The lowest BCUT2D eigenvalue weighted by molar-refractivity contribution is -0.0171. The van der Waals surface area contributed by atoms with E-state index in [1.165, 1.54) is 40.6 Å². The van der Waals surface area contributed by atoms with Crippen LogP contribution in [0.1, 0.15) is 38.8 Å². The minimum atomic E-state index is -0.507. The number of fused-ring (bicyclic) bond motifs is 2. The van der Waals surface area contributed by atoms with Gasteiger partial charge in [-0.1, -0.05) is 23.9 Å². The molecule has 0 atom stereocenters. The molecule has 0 saturated heterocycles. The number of carbonyl (C=O) groups is 1. The Balaban J connectivity index is 1.59. The minimum Gasteiger partial charge on any atom is -0.467 e. The van der Waals surface area contributed by atoms with Gasteiger partial charge < -0.3 is 14.2 Å². The smallest absolute Gasteiger partial charge is 0.348 e. The van der Waals surface area contributed by atoms with Gasteiger partial charge in [0.05, 0.1) is 25.1 Å². The maximum Gasteiger partial charge on any atom is 0.348 e. The van der Waals surface area contributed by atoms with Crippen molar-refractivity contribution >= 4 is 39.3 Å². The van der Waals surface area contributed by atoms with Crippen LogP contribution in [0.5, 0.6) is 5.75 Å². The number of benzene rings is 2. The number of esters is 1. The number of hydrogen-bond acceptors (Lipinski definition) is 8. The summed E-state index contributed by atoms with van der Waals surface area (Å²) in [6, 6.07) is 8.62. The molecule has 0 N–H and O–H groups in total. The zero-order chi connectivity index (χ0) is 26.1. The Morgan fingerprint density at radius 3 is 2.76 bits per heavy atom. The van der Waals surface area contributed by atoms with E-state index in [0.717, 1.165) is 11.3 Å². The van der Waals surface area contributed by atoms with Crippen molar-refractivity contribution in [2.75, 3.05) is 13.4 Å². The van der Waals surface area contributed by atoms with Gasteiger partial charge in [-0.25, -0.2) is 18.6 Å². The Bertz CT molecular complexity index is 1550. The molecule has 0 fully saturated rings. The molecule has 0 amide bonds. The number of nitrogens with zero attached hydrogens (tertiary/aromatic N) is 2. The molecule has 4 aromatic rings. The molecule has 1 aliphatic heterocycles. The van der Waals surface area contributed by atoms with Crippen LogP contribution in [0.4, 0.5) is 8.78 Å². The van der Waals surface area contributed by atoms with Gasteiger partial charge >= 0.3 is 5.97 Å². The van der Waals surface area contributed by atoms with Crippen LogP contribution >= 0.6 is 23.1 Å². The molecule has 0 unspecified atom stereocenters. The predicted molar refractivity (Wildman–Crippen MR) is 136 cm³/mol. The standard InChI is InChI=1S/C26H22F2N2O5S2/c1-3-34-25(32)22-14(2)20-23(37-22)29-26(30(24(20)31)10-15-4-6-18(27)7-5-15)36-12-17-9-19(28)8-16-11-33-13-35-21(16)17/h4-9H,3,10-13H2,1-2H3. The van der Waals surface area contributed by atoms with E-state index in [1.807, 2.05) is 0 Å². The van der Waals surface area contributed by atoms with Crippen LogP contribution in [0.2, 0.25) is 0 Å². The lowest BCUT2D eigenvalue weighted by atomic mass is 10.1. The second kappa shape index (κ2) is 10.6. The normalized spacial score (nSPS) is 12.9. The van der Waals surface area contributed by atoms with E-state index in [2.05, 4.69) is 0 Å². The fraction of sp³-hybridized carbons (Fsp3) is 0.269. The first-order valence-electron chi connectivity index (χ1n) is 11.5. The van der Waals surface area contributed by atoms with Gasteiger partial charge in [0.25, 0.3) is 5.56 Å². The second-order valence-electron chi connectivity index (χ2n) is 8.32. The van der Waals surface area contributed by atoms with Crippen molar-refractivity contribution in [3.8, 4) is 5.75 Å². The number of aryl methyl sites for hydroxylation is 1. The van der Waals surface area contributed by atoms with Gasteiger partial charge in [-0.15, -0.1) is 11.3 Å². The molecule has 192 valence electrons. The molecule has 0 spiro atoms. The summed E-state index contributed by atoms with van der Waals surface area (Å²) in [7, 11) is 0. The van der Waals surface area contributed by atoms with Gasteiger partial charge in [0, 0.05) is 16.9 Å². The minimum absolute atomic E-state index is 0.0703. The second-order valence-corrected chi connectivity index (χ2v) is 10.3. The summed E-state index contributed by atoms with van der Waals surface area (Å²) in [5.41, 5.74) is 2.11. The highest BCUT2D eigenvalue weighted by atomic mass is 32.2. The van der Waals surface area contributed by atoms with Crippen LogP contribution in [-0.4, -0.2) is 28.9 Å². The molecule has 37 heavy (non-hydrogen) atoms. The molecular formula is C26H22F2N2O5S2. The number of halogens is 2. The first-order valence-corrected chi connectivity index (χ1v) is 13.3. The molecule has 0 saturated carbocycles. The monoisotopic (exact) mass is 544 g/mol. The van der Waals surface area contributed by atoms with Crippen molar-refractivity contribution in [3.05, 3.63) is 85.5 Å². The fourth-order valence-corrected chi connectivity index (χ4v) is 6.20. The maximum atomic E-state index is 14.3.